The third-order valence-electron chi connectivity index (χ3n) is 6.73. The van der Waals surface area contributed by atoms with Crippen LogP contribution in [0.15, 0.2) is 59.3 Å². The molecule has 3 aromatic rings. The molecular formula is C28H32Cl3N4O2P. The van der Waals surface area contributed by atoms with Crippen molar-refractivity contribution in [2.24, 2.45) is 4.74 Å². The summed E-state index contributed by atoms with van der Waals surface area (Å²) in [4.78, 5) is 16.2. The molecule has 0 fully saturated rings. The minimum absolute atomic E-state index is 0.343. The molecular weight excluding hydrogens is 562 g/mol. The van der Waals surface area contributed by atoms with Crippen LogP contribution < -0.4 is 19.6 Å². The lowest BCUT2D eigenvalue weighted by molar-refractivity contribution is 0.210. The summed E-state index contributed by atoms with van der Waals surface area (Å²) in [5, 5.41) is 2.20. The SMILES string of the molecule is CCN(CC)c1ccc2c(c1)OC(=O)N(c1ccc(Cl)c(Cl)c1)[P@@]2(=Nc1ccc(C)c(Cl)c1)N(CC)CC. The third kappa shape index (κ3) is 5.17. The Bertz CT molecular complexity index is 1410. The van der Waals surface area contributed by atoms with Crippen LogP contribution in [-0.4, -0.2) is 36.9 Å². The molecule has 1 aliphatic heterocycles. The summed E-state index contributed by atoms with van der Waals surface area (Å²) >= 11 is 19.2. The second-order valence-electron chi connectivity index (χ2n) is 8.84. The second-order valence-corrected chi connectivity index (χ2v) is 12.8. The van der Waals surface area contributed by atoms with Gasteiger partial charge in [-0.1, -0.05) is 54.7 Å². The number of nitrogens with zero attached hydrogens (tertiary/aromatic N) is 4. The summed E-state index contributed by atoms with van der Waals surface area (Å²) < 4.78 is 15.3. The van der Waals surface area contributed by atoms with Crippen LogP contribution in [-0.2, 0) is 0 Å². The number of anilines is 2. The number of amides is 1. The molecule has 6 nitrogen and oxygen atoms in total. The molecule has 1 amide bonds. The van der Waals surface area contributed by atoms with Crippen molar-refractivity contribution in [3.63, 3.8) is 0 Å². The Labute approximate surface area is 240 Å². The lowest BCUT2D eigenvalue weighted by Gasteiger charge is -2.45. The third-order valence-corrected chi connectivity index (χ3v) is 11.7. The first-order valence-corrected chi connectivity index (χ1v) is 15.5. The predicted molar refractivity (Wildman–Crippen MR) is 163 cm³/mol. The first-order valence-electron chi connectivity index (χ1n) is 12.7. The molecule has 0 bridgehead atoms. The number of hydrogen-bond acceptors (Lipinski definition) is 4. The lowest BCUT2D eigenvalue weighted by atomic mass is 10.2. The van der Waals surface area contributed by atoms with Gasteiger partial charge in [0.1, 0.15) is 5.75 Å². The number of halogens is 3. The summed E-state index contributed by atoms with van der Waals surface area (Å²) in [5.74, 6) is 0.512. The summed E-state index contributed by atoms with van der Waals surface area (Å²) in [7, 11) is -3.00. The lowest BCUT2D eigenvalue weighted by Crippen LogP contribution is -2.46. The highest BCUT2D eigenvalue weighted by Gasteiger charge is 2.46. The van der Waals surface area contributed by atoms with Crippen LogP contribution in [0.25, 0.3) is 0 Å². The van der Waals surface area contributed by atoms with Gasteiger partial charge in [-0.05, 0) is 68.8 Å². The van der Waals surface area contributed by atoms with Gasteiger partial charge in [0.2, 0.25) is 0 Å². The molecule has 1 heterocycles. The number of carbonyl (C=O) groups excluding carboxylic acids is 1. The van der Waals surface area contributed by atoms with E-state index in [9.17, 15) is 4.79 Å². The Morgan fingerprint density at radius 3 is 2.16 bits per heavy atom. The summed E-state index contributed by atoms with van der Waals surface area (Å²) in [6.45, 7) is 13.3. The van der Waals surface area contributed by atoms with Crippen LogP contribution >= 0.6 is 42.2 Å². The van der Waals surface area contributed by atoms with Gasteiger partial charge in [-0.3, -0.25) is 0 Å². The Morgan fingerprint density at radius 2 is 1.55 bits per heavy atom. The zero-order chi connectivity index (χ0) is 27.6. The Morgan fingerprint density at radius 1 is 0.842 bits per heavy atom. The van der Waals surface area contributed by atoms with E-state index in [4.69, 9.17) is 44.3 Å². The number of ether oxygens (including phenoxy) is 1. The fourth-order valence-electron chi connectivity index (χ4n) is 4.72. The van der Waals surface area contributed by atoms with Crippen molar-refractivity contribution in [3.8, 4) is 5.75 Å². The number of aryl methyl sites for hydroxylation is 1. The van der Waals surface area contributed by atoms with Crippen LogP contribution in [0.1, 0.15) is 33.3 Å². The van der Waals surface area contributed by atoms with Crippen LogP contribution in [0.2, 0.25) is 15.1 Å². The molecule has 202 valence electrons. The van der Waals surface area contributed by atoms with Gasteiger partial charge < -0.3 is 9.64 Å². The highest BCUT2D eigenvalue weighted by Crippen LogP contribution is 2.63. The fourth-order valence-corrected chi connectivity index (χ4v) is 8.92. The van der Waals surface area contributed by atoms with Crippen molar-refractivity contribution < 1.29 is 9.53 Å². The van der Waals surface area contributed by atoms with Crippen LogP contribution in [0, 0.1) is 6.92 Å². The maximum absolute atomic E-state index is 14.0. The van der Waals surface area contributed by atoms with Gasteiger partial charge in [0, 0.05) is 43.0 Å². The first kappa shape index (κ1) is 28.8. The van der Waals surface area contributed by atoms with Gasteiger partial charge in [0.25, 0.3) is 0 Å². The standard InChI is InChI=1S/C28H32Cl3N4O2P/c1-6-33(7-2)21-13-15-27-26(18-21)37-28(36)35(22-12-14-23(29)25(31)17-22)38(27,34(8-3)9-4)32-20-11-10-19(5)24(30)16-20/h10-18H,6-9H2,1-5H3/t38-/m0/s1. The number of carbonyl (C=O) groups is 1. The second kappa shape index (κ2) is 11.9. The maximum atomic E-state index is 14.0. The smallest absolute Gasteiger partial charge is 0.409 e. The number of rotatable bonds is 8. The molecule has 0 saturated carbocycles. The van der Waals surface area contributed by atoms with Crippen LogP contribution in [0.5, 0.6) is 5.75 Å². The molecule has 10 heteroatoms. The van der Waals surface area contributed by atoms with Gasteiger partial charge >= 0.3 is 6.09 Å². The van der Waals surface area contributed by atoms with Crippen molar-refractivity contribution in [1.29, 1.82) is 0 Å². The van der Waals surface area contributed by atoms with Gasteiger partial charge in [0.15, 0.2) is 7.36 Å². The molecule has 0 aliphatic carbocycles. The molecule has 0 saturated heterocycles. The highest BCUT2D eigenvalue weighted by molar-refractivity contribution is 7.74. The van der Waals surface area contributed by atoms with E-state index in [0.717, 1.165) is 29.6 Å². The van der Waals surface area contributed by atoms with E-state index in [1.165, 1.54) is 0 Å². The summed E-state index contributed by atoms with van der Waals surface area (Å²) in [5.41, 5.74) is 3.18. The van der Waals surface area contributed by atoms with E-state index in [1.54, 1.807) is 22.9 Å². The van der Waals surface area contributed by atoms with E-state index in [1.807, 2.05) is 37.3 Å². The molecule has 4 rings (SSSR count). The average molecular weight is 594 g/mol. The largest absolute Gasteiger partial charge is 0.425 e. The summed E-state index contributed by atoms with van der Waals surface area (Å²) in [6.07, 6.45) is -0.519. The zero-order valence-electron chi connectivity index (χ0n) is 22.2. The van der Waals surface area contributed by atoms with E-state index >= 15 is 0 Å². The molecule has 3 aromatic carbocycles. The van der Waals surface area contributed by atoms with Crippen LogP contribution in [0.3, 0.4) is 0 Å². The molecule has 1 atom stereocenters. The van der Waals surface area contributed by atoms with E-state index in [-0.39, 0.29) is 0 Å². The molecule has 1 aliphatic rings. The van der Waals surface area contributed by atoms with Crippen molar-refractivity contribution in [3.05, 3.63) is 75.2 Å². The van der Waals surface area contributed by atoms with E-state index in [2.05, 4.69) is 43.3 Å². The number of fused-ring (bicyclic) bond motifs is 1. The number of hydrogen-bond donors (Lipinski definition) is 0. The zero-order valence-corrected chi connectivity index (χ0v) is 25.4. The fraction of sp³-hybridized carbons (Fsp3) is 0.321. The first-order chi connectivity index (χ1) is 18.2. The quantitative estimate of drug-likeness (QED) is 0.244. The van der Waals surface area contributed by atoms with Gasteiger partial charge in [-0.15, -0.1) is 0 Å². The molecule has 0 aromatic heterocycles. The van der Waals surface area contributed by atoms with Crippen molar-refractivity contribution in [1.82, 2.24) is 4.67 Å². The molecule has 0 spiro atoms. The number of benzene rings is 3. The van der Waals surface area contributed by atoms with Crippen molar-refractivity contribution >= 4 is 70.6 Å². The molecule has 0 radical (unpaired) electrons. The minimum Gasteiger partial charge on any atom is -0.409 e. The molecule has 0 unspecified atom stereocenters. The van der Waals surface area contributed by atoms with Gasteiger partial charge in [-0.25, -0.2) is 18.9 Å². The average Bonchev–Trinajstić information content (AvgIpc) is 2.89. The van der Waals surface area contributed by atoms with Crippen molar-refractivity contribution in [2.75, 3.05) is 35.7 Å². The monoisotopic (exact) mass is 592 g/mol. The minimum atomic E-state index is -3.00. The Hall–Kier alpha value is -2.21. The Balaban J connectivity index is 2.12. The van der Waals surface area contributed by atoms with E-state index in [0.29, 0.717) is 45.3 Å². The van der Waals surface area contributed by atoms with Gasteiger partial charge in [0.05, 0.1) is 26.7 Å². The van der Waals surface area contributed by atoms with Crippen molar-refractivity contribution in [2.45, 2.75) is 34.6 Å². The normalized spacial score (nSPS) is 16.9. The highest BCUT2D eigenvalue weighted by atomic mass is 35.5. The molecule has 38 heavy (non-hydrogen) atoms. The molecule has 0 N–H and O–H groups in total. The topological polar surface area (TPSA) is 48.4 Å². The van der Waals surface area contributed by atoms with Crippen LogP contribution in [0.4, 0.5) is 21.9 Å². The summed E-state index contributed by atoms with van der Waals surface area (Å²) in [6, 6.07) is 16.9. The van der Waals surface area contributed by atoms with E-state index < -0.39 is 13.4 Å². The maximum Gasteiger partial charge on any atom is 0.425 e. The van der Waals surface area contributed by atoms with Gasteiger partial charge in [-0.2, -0.15) is 0 Å². The Kier molecular flexibility index (Phi) is 9.01. The predicted octanol–water partition coefficient (Wildman–Crippen LogP) is 9.15.